The summed E-state index contributed by atoms with van der Waals surface area (Å²) in [5, 5.41) is 3.81. The van der Waals surface area contributed by atoms with Gasteiger partial charge in [-0.05, 0) is 38.5 Å². The molecule has 0 radical (unpaired) electrons. The lowest BCUT2D eigenvalue weighted by Crippen LogP contribution is -2.35. The Bertz CT molecular complexity index is 587. The van der Waals surface area contributed by atoms with Crippen molar-refractivity contribution in [3.8, 4) is 0 Å². The second-order valence-electron chi connectivity index (χ2n) is 5.87. The van der Waals surface area contributed by atoms with E-state index in [1.54, 1.807) is 6.07 Å². The molecule has 1 aromatic heterocycles. The molecule has 2 N–H and O–H groups in total. The molecule has 2 aromatic rings. The average Bonchev–Trinajstić information content (AvgIpc) is 2.77. The van der Waals surface area contributed by atoms with Crippen LogP contribution in [0.25, 0.3) is 0 Å². The number of hydrogen-bond acceptors (Lipinski definition) is 2. The zero-order valence-electron chi connectivity index (χ0n) is 11.9. The lowest BCUT2D eigenvalue weighted by atomic mass is 10.1. The van der Waals surface area contributed by atoms with Gasteiger partial charge in [0.05, 0.1) is 0 Å². The first-order valence-corrected chi connectivity index (χ1v) is 6.93. The van der Waals surface area contributed by atoms with Gasteiger partial charge in [0, 0.05) is 35.4 Å². The number of nitrogens with one attached hydrogen (secondary N) is 2. The molecule has 0 fully saturated rings. The molecular weight excluding hydrogens is 277 g/mol. The fourth-order valence-electron chi connectivity index (χ4n) is 1.79. The van der Waals surface area contributed by atoms with Crippen molar-refractivity contribution >= 4 is 11.6 Å². The fourth-order valence-corrected chi connectivity index (χ4v) is 2.03. The summed E-state index contributed by atoms with van der Waals surface area (Å²) >= 11 is 6.01. The Morgan fingerprint density at radius 2 is 2.10 bits per heavy atom. The van der Waals surface area contributed by atoms with Gasteiger partial charge in [-0.3, -0.25) is 0 Å². The van der Waals surface area contributed by atoms with Crippen molar-refractivity contribution in [3.05, 3.63) is 52.3 Å². The number of hydrogen-bond donors (Lipinski definition) is 2. The molecule has 0 saturated heterocycles. The molecule has 3 nitrogen and oxygen atoms in total. The summed E-state index contributed by atoms with van der Waals surface area (Å²) in [6.07, 6.45) is 2.38. The van der Waals surface area contributed by atoms with Crippen molar-refractivity contribution in [2.24, 2.45) is 0 Å². The molecule has 0 bridgehead atoms. The Morgan fingerprint density at radius 3 is 2.75 bits per heavy atom. The summed E-state index contributed by atoms with van der Waals surface area (Å²) in [6.45, 7) is 7.07. The van der Waals surface area contributed by atoms with E-state index in [0.717, 1.165) is 23.6 Å². The van der Waals surface area contributed by atoms with E-state index in [-0.39, 0.29) is 11.4 Å². The molecule has 1 heterocycles. The highest BCUT2D eigenvalue weighted by atomic mass is 35.5. The molecule has 5 heteroatoms. The van der Waals surface area contributed by atoms with Crippen molar-refractivity contribution in [2.45, 2.75) is 39.3 Å². The van der Waals surface area contributed by atoms with E-state index in [9.17, 15) is 4.39 Å². The maximum Gasteiger partial charge on any atom is 0.124 e. The van der Waals surface area contributed by atoms with Gasteiger partial charge in [0.25, 0.3) is 0 Å². The smallest absolute Gasteiger partial charge is 0.124 e. The Kier molecular flexibility index (Phi) is 4.45. The van der Waals surface area contributed by atoms with E-state index in [4.69, 9.17) is 11.6 Å². The predicted molar refractivity (Wildman–Crippen MR) is 79.4 cm³/mol. The van der Waals surface area contributed by atoms with Crippen LogP contribution in [0.4, 0.5) is 4.39 Å². The van der Waals surface area contributed by atoms with E-state index in [2.05, 4.69) is 36.1 Å². The van der Waals surface area contributed by atoms with E-state index < -0.39 is 0 Å². The Balaban J connectivity index is 2.02. The summed E-state index contributed by atoms with van der Waals surface area (Å²) < 4.78 is 13.0. The topological polar surface area (TPSA) is 40.7 Å². The van der Waals surface area contributed by atoms with Crippen LogP contribution >= 0.6 is 11.6 Å². The van der Waals surface area contributed by atoms with Crippen molar-refractivity contribution in [2.75, 3.05) is 0 Å². The van der Waals surface area contributed by atoms with Crippen LogP contribution in [0.5, 0.6) is 0 Å². The molecular formula is C15H19ClFN3. The molecule has 0 atom stereocenters. The van der Waals surface area contributed by atoms with Crippen LogP contribution in [0.1, 0.15) is 37.9 Å². The number of imidazole rings is 1. The first-order chi connectivity index (χ1) is 9.33. The van der Waals surface area contributed by atoms with E-state index in [1.807, 2.05) is 6.20 Å². The quantitative estimate of drug-likeness (QED) is 0.903. The number of benzene rings is 1. The number of aromatic nitrogens is 2. The molecule has 2 rings (SSSR count). The molecule has 0 saturated carbocycles. The highest BCUT2D eigenvalue weighted by Crippen LogP contribution is 2.19. The van der Waals surface area contributed by atoms with Gasteiger partial charge in [-0.1, -0.05) is 17.7 Å². The van der Waals surface area contributed by atoms with Crippen molar-refractivity contribution in [3.63, 3.8) is 0 Å². The van der Waals surface area contributed by atoms with E-state index in [0.29, 0.717) is 11.4 Å². The first-order valence-electron chi connectivity index (χ1n) is 6.55. The summed E-state index contributed by atoms with van der Waals surface area (Å²) in [7, 11) is 0. The zero-order chi connectivity index (χ0) is 14.8. The fraction of sp³-hybridized carbons (Fsp3) is 0.400. The maximum absolute atomic E-state index is 13.0. The number of halogens is 2. The highest BCUT2D eigenvalue weighted by molar-refractivity contribution is 6.31. The average molecular weight is 296 g/mol. The van der Waals surface area contributed by atoms with Crippen LogP contribution in [0.15, 0.2) is 24.4 Å². The molecule has 0 aliphatic carbocycles. The minimum atomic E-state index is -0.326. The van der Waals surface area contributed by atoms with Gasteiger partial charge in [0.15, 0.2) is 0 Å². The van der Waals surface area contributed by atoms with Crippen LogP contribution in [0.3, 0.4) is 0 Å². The monoisotopic (exact) mass is 295 g/mol. The van der Waals surface area contributed by atoms with Crippen LogP contribution in [0.2, 0.25) is 5.02 Å². The van der Waals surface area contributed by atoms with Crippen molar-refractivity contribution in [1.29, 1.82) is 0 Å². The summed E-state index contributed by atoms with van der Waals surface area (Å²) in [5.41, 5.74) is 1.94. The first kappa shape index (κ1) is 15.0. The van der Waals surface area contributed by atoms with Gasteiger partial charge < -0.3 is 10.3 Å². The summed E-state index contributed by atoms with van der Waals surface area (Å²) in [6, 6.07) is 4.42. The zero-order valence-corrected chi connectivity index (χ0v) is 12.7. The van der Waals surface area contributed by atoms with Crippen LogP contribution in [-0.2, 0) is 13.0 Å². The van der Waals surface area contributed by atoms with Crippen molar-refractivity contribution < 1.29 is 4.39 Å². The predicted octanol–water partition coefficient (Wildman–Crippen LogP) is 3.68. The lowest BCUT2D eigenvalue weighted by molar-refractivity contribution is 0.421. The lowest BCUT2D eigenvalue weighted by Gasteiger charge is -2.19. The van der Waals surface area contributed by atoms with Gasteiger partial charge in [-0.2, -0.15) is 0 Å². The largest absolute Gasteiger partial charge is 0.345 e. The minimum Gasteiger partial charge on any atom is -0.345 e. The minimum absolute atomic E-state index is 0.0610. The van der Waals surface area contributed by atoms with E-state index in [1.165, 1.54) is 12.1 Å². The molecule has 0 amide bonds. The third-order valence-electron chi connectivity index (χ3n) is 2.86. The van der Waals surface area contributed by atoms with Gasteiger partial charge in [-0.25, -0.2) is 9.37 Å². The second-order valence-corrected chi connectivity index (χ2v) is 6.28. The number of H-pyrrole nitrogens is 1. The number of nitrogens with zero attached hydrogens (tertiary/aromatic N) is 1. The van der Waals surface area contributed by atoms with Crippen LogP contribution < -0.4 is 5.32 Å². The SMILES string of the molecule is CC(C)(C)NCc1cnc(Cc2ccc(F)cc2Cl)[nH]1. The molecule has 0 spiro atoms. The second kappa shape index (κ2) is 5.94. The van der Waals surface area contributed by atoms with Gasteiger partial charge in [-0.15, -0.1) is 0 Å². The Morgan fingerprint density at radius 1 is 1.35 bits per heavy atom. The molecule has 0 unspecified atom stereocenters. The van der Waals surface area contributed by atoms with Gasteiger partial charge >= 0.3 is 0 Å². The highest BCUT2D eigenvalue weighted by Gasteiger charge is 2.10. The standard InChI is InChI=1S/C15H19ClFN3/c1-15(2,3)19-9-12-8-18-14(20-12)6-10-4-5-11(17)7-13(10)16/h4-5,7-8,19H,6,9H2,1-3H3,(H,18,20). The Hall–Kier alpha value is -1.39. The van der Waals surface area contributed by atoms with Crippen LogP contribution in [0, 0.1) is 5.82 Å². The number of rotatable bonds is 4. The third kappa shape index (κ3) is 4.32. The number of aromatic amines is 1. The summed E-state index contributed by atoms with van der Waals surface area (Å²) in [5.74, 6) is 0.498. The molecule has 108 valence electrons. The third-order valence-corrected chi connectivity index (χ3v) is 3.22. The van der Waals surface area contributed by atoms with E-state index >= 15 is 0 Å². The van der Waals surface area contributed by atoms with Crippen molar-refractivity contribution in [1.82, 2.24) is 15.3 Å². The van der Waals surface area contributed by atoms with Gasteiger partial charge in [0.2, 0.25) is 0 Å². The Labute approximate surface area is 123 Å². The normalized spacial score (nSPS) is 11.8. The van der Waals surface area contributed by atoms with Crippen LogP contribution in [-0.4, -0.2) is 15.5 Å². The summed E-state index contributed by atoms with van der Waals surface area (Å²) in [4.78, 5) is 7.58. The molecule has 20 heavy (non-hydrogen) atoms. The van der Waals surface area contributed by atoms with Gasteiger partial charge in [0.1, 0.15) is 11.6 Å². The molecule has 1 aromatic carbocycles. The molecule has 0 aliphatic heterocycles. The maximum atomic E-state index is 13.0. The molecule has 0 aliphatic rings.